The molecular formula is C35H44F2N9O10P. The molecule has 2 fully saturated rings. The molecule has 2 aliphatic rings. The summed E-state index contributed by atoms with van der Waals surface area (Å²) in [6.07, 6.45) is -6.33. The number of nitrogen functional groups attached to an aromatic ring is 2. The van der Waals surface area contributed by atoms with Gasteiger partial charge in [-0.25, -0.2) is 32.3 Å². The minimum absolute atomic E-state index is 0.124. The molecule has 0 radical (unpaired) electrons. The van der Waals surface area contributed by atoms with Crippen LogP contribution in [0.5, 0.6) is 5.75 Å². The maximum absolute atomic E-state index is 15.5. The number of benzene rings is 1. The Kier molecular flexibility index (Phi) is 12.1. The van der Waals surface area contributed by atoms with Gasteiger partial charge >= 0.3 is 13.7 Å². The maximum Gasteiger partial charge on any atom is 0.459 e. The Bertz CT molecular complexity index is 2240. The van der Waals surface area contributed by atoms with E-state index in [1.807, 2.05) is 0 Å². The van der Waals surface area contributed by atoms with E-state index in [4.69, 9.17) is 39.8 Å². The number of anilines is 2. The van der Waals surface area contributed by atoms with E-state index in [-0.39, 0.29) is 24.0 Å². The molecule has 4 aromatic heterocycles. The second-order valence-corrected chi connectivity index (χ2v) is 15.3. The number of fused-ring (bicyclic) bond motifs is 2. The molecule has 7 rings (SSSR count). The number of hydrogen-bond donors (Lipinski definition) is 6. The molecular weight excluding hydrogens is 775 g/mol. The number of hydrogen-bond acceptors (Lipinski definition) is 16. The van der Waals surface area contributed by atoms with Crippen LogP contribution < -0.4 is 21.1 Å². The molecule has 5 aromatic rings. The number of nitrogens with one attached hydrogen (secondary N) is 1. The Morgan fingerprint density at radius 2 is 1.42 bits per heavy atom. The zero-order valence-corrected chi connectivity index (χ0v) is 32.1. The van der Waals surface area contributed by atoms with Crippen molar-refractivity contribution in [3.63, 3.8) is 0 Å². The third-order valence-electron chi connectivity index (χ3n) is 9.74. The average molecular weight is 820 g/mol. The van der Waals surface area contributed by atoms with E-state index >= 15 is 4.39 Å². The lowest BCUT2D eigenvalue weighted by atomic mass is 9.94. The maximum atomic E-state index is 15.5. The van der Waals surface area contributed by atoms with Crippen molar-refractivity contribution in [2.75, 3.05) is 31.3 Å². The van der Waals surface area contributed by atoms with E-state index in [1.54, 1.807) is 61.5 Å². The lowest BCUT2D eigenvalue weighted by Gasteiger charge is -2.27. The van der Waals surface area contributed by atoms with E-state index in [0.29, 0.717) is 22.4 Å². The molecule has 2 aliphatic heterocycles. The van der Waals surface area contributed by atoms with Crippen LogP contribution in [0.4, 0.5) is 20.4 Å². The molecule has 6 heterocycles. The highest BCUT2D eigenvalue weighted by molar-refractivity contribution is 7.52. The van der Waals surface area contributed by atoms with Gasteiger partial charge in [-0.1, -0.05) is 18.2 Å². The SMILES string of the molecule is CCOC(=O)[C@@H](C)NP(=O)(OC[C@H]1O[C@@](C)(c2ccc3c(N)ncnn23)[C@H](F)[C@@H]1O)Oc1ccccc1.C[C@@]1(c2ccc3c(N)ncnn23)O[C@H](CO)[C@@H](O)[C@H]1F. The zero-order chi connectivity index (χ0) is 41.3. The number of esters is 1. The standard InChI is InChI=1S/C23H29FN5O7P.C12H15FN4O3/c1-4-33-22(31)14(2)28-37(32,36-15-8-6-5-7-9-15)34-12-17-19(30)20(24)23(3,35-17)18-11-10-16-21(25)26-13-27-29(16)18;1-12(10(13)9(19)7(4-18)20-12)8-3-2-6-11(14)15-5-16-17(6)8/h5-11,13-14,17,19-20,30H,4,12H2,1-3H3,(H,28,32)(H2,25,26,27);2-3,5,7,9-10,18-19H,4H2,1H3,(H2,14,15,16)/t14-,17-,19-,20-,23+,37?;7-,9-,10-,12+/m11/s1. The van der Waals surface area contributed by atoms with E-state index in [2.05, 4.69) is 25.3 Å². The first kappa shape index (κ1) is 41.8. The van der Waals surface area contributed by atoms with Gasteiger partial charge in [0.15, 0.2) is 24.0 Å². The van der Waals surface area contributed by atoms with Crippen molar-refractivity contribution in [2.24, 2.45) is 0 Å². The van der Waals surface area contributed by atoms with Crippen LogP contribution in [0.1, 0.15) is 39.1 Å². The fourth-order valence-corrected chi connectivity index (χ4v) is 8.21. The van der Waals surface area contributed by atoms with Crippen molar-refractivity contribution in [2.45, 2.75) is 81.7 Å². The third-order valence-corrected chi connectivity index (χ3v) is 11.4. The largest absolute Gasteiger partial charge is 0.465 e. The molecule has 1 aromatic carbocycles. The first-order valence-electron chi connectivity index (χ1n) is 17.8. The Balaban J connectivity index is 0.000000230. The molecule has 57 heavy (non-hydrogen) atoms. The van der Waals surface area contributed by atoms with Crippen molar-refractivity contribution < 1.29 is 56.7 Å². The van der Waals surface area contributed by atoms with E-state index < -0.39 is 80.9 Å². The number of aliphatic hydroxyl groups excluding tert-OH is 3. The van der Waals surface area contributed by atoms with Gasteiger partial charge in [-0.05, 0) is 64.1 Å². The van der Waals surface area contributed by atoms with Crippen LogP contribution in [0.15, 0.2) is 67.3 Å². The van der Waals surface area contributed by atoms with Gasteiger partial charge < -0.3 is 45.5 Å². The summed E-state index contributed by atoms with van der Waals surface area (Å²) in [5.74, 6) is -0.00711. The molecule has 19 nitrogen and oxygen atoms in total. The van der Waals surface area contributed by atoms with Crippen molar-refractivity contribution in [1.82, 2.24) is 34.3 Å². The number of rotatable bonds is 12. The predicted molar refractivity (Wildman–Crippen MR) is 198 cm³/mol. The number of ether oxygens (including phenoxy) is 3. The summed E-state index contributed by atoms with van der Waals surface area (Å²) in [6.45, 7) is 5.18. The summed E-state index contributed by atoms with van der Waals surface area (Å²) in [5, 5.41) is 40.3. The summed E-state index contributed by atoms with van der Waals surface area (Å²) in [4.78, 5) is 19.9. The molecule has 0 spiro atoms. The molecule has 0 bridgehead atoms. The fourth-order valence-electron chi connectivity index (χ4n) is 6.70. The lowest BCUT2D eigenvalue weighted by Crippen LogP contribution is -2.37. The quantitative estimate of drug-likeness (QED) is 0.0776. The summed E-state index contributed by atoms with van der Waals surface area (Å²) < 4.78 is 73.9. The van der Waals surface area contributed by atoms with Crippen molar-refractivity contribution in [1.29, 1.82) is 0 Å². The van der Waals surface area contributed by atoms with Crippen molar-refractivity contribution in [3.05, 3.63) is 78.6 Å². The summed E-state index contributed by atoms with van der Waals surface area (Å²) in [5.41, 5.74) is 10.2. The number of aromatic nitrogens is 6. The topological polar surface area (TPSA) is 265 Å². The third kappa shape index (κ3) is 8.01. The second kappa shape index (κ2) is 16.5. The van der Waals surface area contributed by atoms with Crippen LogP contribution in [0, 0.1) is 0 Å². The number of nitrogens with two attached hydrogens (primary N) is 2. The Hall–Kier alpha value is -4.86. The van der Waals surface area contributed by atoms with Gasteiger partial charge in [0.05, 0.1) is 31.2 Å². The molecule has 0 aliphatic carbocycles. The molecule has 308 valence electrons. The minimum atomic E-state index is -4.23. The van der Waals surface area contributed by atoms with Crippen LogP contribution in [0.25, 0.3) is 11.0 Å². The van der Waals surface area contributed by atoms with E-state index in [9.17, 15) is 24.0 Å². The van der Waals surface area contributed by atoms with Gasteiger partial charge in [0.2, 0.25) is 0 Å². The smallest absolute Gasteiger partial charge is 0.459 e. The highest BCUT2D eigenvalue weighted by Crippen LogP contribution is 2.48. The van der Waals surface area contributed by atoms with Gasteiger partial charge in [-0.15, -0.1) is 0 Å². The van der Waals surface area contributed by atoms with Crippen LogP contribution >= 0.6 is 7.75 Å². The second-order valence-electron chi connectivity index (χ2n) is 13.6. The van der Waals surface area contributed by atoms with Gasteiger partial charge in [0.25, 0.3) is 0 Å². The number of para-hydroxylation sites is 1. The van der Waals surface area contributed by atoms with Crippen molar-refractivity contribution in [3.8, 4) is 5.75 Å². The van der Waals surface area contributed by atoms with Crippen LogP contribution in [-0.4, -0.2) is 113 Å². The molecule has 1 unspecified atom stereocenters. The van der Waals surface area contributed by atoms with Crippen LogP contribution in [0.2, 0.25) is 0 Å². The minimum Gasteiger partial charge on any atom is -0.465 e. The molecule has 2 saturated heterocycles. The molecule has 0 saturated carbocycles. The van der Waals surface area contributed by atoms with Crippen molar-refractivity contribution >= 4 is 36.4 Å². The molecule has 22 heteroatoms. The zero-order valence-electron chi connectivity index (χ0n) is 31.3. The van der Waals surface area contributed by atoms with Gasteiger partial charge in [0, 0.05) is 0 Å². The number of nitrogens with zero attached hydrogens (tertiary/aromatic N) is 6. The number of carbonyl (C=O) groups is 1. The summed E-state index contributed by atoms with van der Waals surface area (Å²) in [7, 11) is -4.23. The monoisotopic (exact) mass is 819 g/mol. The number of aliphatic hydroxyl groups is 3. The number of alkyl halides is 2. The summed E-state index contributed by atoms with van der Waals surface area (Å²) >= 11 is 0. The first-order chi connectivity index (χ1) is 27.1. The van der Waals surface area contributed by atoms with E-state index in [0.717, 1.165) is 0 Å². The van der Waals surface area contributed by atoms with Crippen LogP contribution in [-0.2, 0) is 39.3 Å². The Morgan fingerprint density at radius 3 is 1.91 bits per heavy atom. The fraction of sp³-hybridized carbons (Fsp3) is 0.457. The lowest BCUT2D eigenvalue weighted by molar-refractivity contribution is -0.144. The molecule has 8 N–H and O–H groups in total. The number of carbonyl (C=O) groups excluding carboxylic acids is 1. The highest BCUT2D eigenvalue weighted by atomic mass is 31.2. The highest BCUT2D eigenvalue weighted by Gasteiger charge is 2.56. The van der Waals surface area contributed by atoms with Gasteiger partial charge in [-0.3, -0.25) is 9.32 Å². The van der Waals surface area contributed by atoms with Gasteiger partial charge in [0.1, 0.15) is 71.1 Å². The summed E-state index contributed by atoms with van der Waals surface area (Å²) in [6, 6.07) is 13.6. The van der Waals surface area contributed by atoms with Gasteiger partial charge in [-0.2, -0.15) is 15.3 Å². The van der Waals surface area contributed by atoms with Crippen LogP contribution in [0.3, 0.4) is 0 Å². The first-order valence-corrected chi connectivity index (χ1v) is 19.3. The number of halogens is 2. The predicted octanol–water partition coefficient (Wildman–Crippen LogP) is 1.99. The van der Waals surface area contributed by atoms with E-state index in [1.165, 1.54) is 42.5 Å². The average Bonchev–Trinajstić information content (AvgIpc) is 3.94. The molecule has 0 amide bonds. The normalized spacial score (nSPS) is 28.8. The molecule has 10 atom stereocenters. The Labute approximate surface area is 324 Å². The Morgan fingerprint density at radius 1 is 0.912 bits per heavy atom.